The molecule has 34 heavy (non-hydrogen) atoms. The van der Waals surface area contributed by atoms with Crippen LogP contribution >= 0.6 is 11.6 Å². The Morgan fingerprint density at radius 1 is 1.32 bits per heavy atom. The molecule has 3 aromatic rings. The molecular formula is C20H20ClF4N5O4. The first-order chi connectivity index (χ1) is 16.1. The van der Waals surface area contributed by atoms with Crippen molar-refractivity contribution in [3.8, 4) is 5.88 Å². The summed E-state index contributed by atoms with van der Waals surface area (Å²) in [6, 6.07) is 3.03. The summed E-state index contributed by atoms with van der Waals surface area (Å²) >= 11 is 5.99. The van der Waals surface area contributed by atoms with Crippen molar-refractivity contribution in [2.24, 2.45) is 0 Å². The molecule has 3 rings (SSSR count). The molecule has 1 amide bonds. The van der Waals surface area contributed by atoms with Crippen LogP contribution in [-0.4, -0.2) is 74.1 Å². The van der Waals surface area contributed by atoms with Crippen molar-refractivity contribution in [3.63, 3.8) is 0 Å². The normalized spacial score (nSPS) is 12.8. The van der Waals surface area contributed by atoms with Gasteiger partial charge in [-0.3, -0.25) is 14.5 Å². The molecule has 0 aliphatic carbocycles. The van der Waals surface area contributed by atoms with Crippen LogP contribution in [0.4, 0.5) is 17.6 Å². The van der Waals surface area contributed by atoms with Crippen LogP contribution in [0.1, 0.15) is 11.3 Å². The molecule has 3 N–H and O–H groups in total. The van der Waals surface area contributed by atoms with E-state index in [0.717, 1.165) is 0 Å². The number of nitrogens with one attached hydrogen (secondary N) is 1. The molecule has 3 heterocycles. The number of aliphatic hydroxyl groups excluding tert-OH is 2. The van der Waals surface area contributed by atoms with Crippen LogP contribution in [0, 0.1) is 0 Å². The van der Waals surface area contributed by atoms with E-state index < -0.39 is 43.5 Å². The number of fused-ring (bicyclic) bond motifs is 1. The zero-order chi connectivity index (χ0) is 24.9. The van der Waals surface area contributed by atoms with Gasteiger partial charge < -0.3 is 20.3 Å². The van der Waals surface area contributed by atoms with Crippen molar-refractivity contribution < 1.29 is 37.3 Å². The minimum absolute atomic E-state index is 0.0795. The second-order valence-corrected chi connectivity index (χ2v) is 7.72. The molecule has 0 bridgehead atoms. The van der Waals surface area contributed by atoms with Gasteiger partial charge in [0.05, 0.1) is 36.9 Å². The average molecular weight is 506 g/mol. The van der Waals surface area contributed by atoms with Crippen molar-refractivity contribution in [2.45, 2.75) is 31.4 Å². The largest absolute Gasteiger partial charge is 0.470 e. The quantitative estimate of drug-likeness (QED) is 0.340. The molecule has 3 aromatic heterocycles. The van der Waals surface area contributed by atoms with Crippen LogP contribution in [0.5, 0.6) is 5.88 Å². The van der Waals surface area contributed by atoms with E-state index in [2.05, 4.69) is 25.1 Å². The number of ether oxygens (including phenoxy) is 1. The zero-order valence-electron chi connectivity index (χ0n) is 17.5. The number of nitrogens with zero attached hydrogens (tertiary/aromatic N) is 4. The number of carbonyl (C=O) groups is 1. The SMILES string of the molecule is O=C(Cc1nccc2nn(Cc3cnc(OCC(F)(F)C(F)F)c(Cl)c3)cc12)NC[C@H](O)CO. The van der Waals surface area contributed by atoms with Gasteiger partial charge >= 0.3 is 12.3 Å². The van der Waals surface area contributed by atoms with E-state index in [0.29, 0.717) is 22.2 Å². The topological polar surface area (TPSA) is 122 Å². The standard InChI is InChI=1S/C20H20ClF4N5O4/c21-14-3-11(5-28-18(14)34-10-20(24,25)19(22)23)7-30-8-13-15(29-30)1-2-26-16(13)4-17(33)27-6-12(32)9-31/h1-3,5,8,12,19,31-32H,4,6-7,9-10H2,(H,27,33)/t12-/m0/s1. The number of rotatable bonds is 11. The first-order valence-electron chi connectivity index (χ1n) is 9.89. The number of aromatic nitrogens is 4. The highest BCUT2D eigenvalue weighted by atomic mass is 35.5. The summed E-state index contributed by atoms with van der Waals surface area (Å²) in [5.41, 5.74) is 1.53. The maximum atomic E-state index is 13.0. The summed E-state index contributed by atoms with van der Waals surface area (Å²) in [6.45, 7) is -1.97. The fourth-order valence-corrected chi connectivity index (χ4v) is 3.10. The van der Waals surface area contributed by atoms with E-state index >= 15 is 0 Å². The molecule has 0 aliphatic heterocycles. The van der Waals surface area contributed by atoms with E-state index in [1.165, 1.54) is 23.1 Å². The average Bonchev–Trinajstić information content (AvgIpc) is 3.20. The number of hydrogen-bond donors (Lipinski definition) is 3. The molecule has 0 unspecified atom stereocenters. The van der Waals surface area contributed by atoms with Gasteiger partial charge in [0.15, 0.2) is 6.61 Å². The maximum absolute atomic E-state index is 13.0. The van der Waals surface area contributed by atoms with Crippen molar-refractivity contribution in [3.05, 3.63) is 47.0 Å². The molecule has 0 aliphatic rings. The van der Waals surface area contributed by atoms with Gasteiger partial charge in [-0.05, 0) is 17.7 Å². The fourth-order valence-electron chi connectivity index (χ4n) is 2.85. The molecule has 0 aromatic carbocycles. The summed E-state index contributed by atoms with van der Waals surface area (Å²) < 4.78 is 56.7. The van der Waals surface area contributed by atoms with E-state index in [4.69, 9.17) is 16.7 Å². The maximum Gasteiger partial charge on any atom is 0.340 e. The molecule has 0 spiro atoms. The Bertz CT molecular complexity index is 1150. The number of pyridine rings is 2. The molecule has 1 atom stereocenters. The molecule has 14 heteroatoms. The minimum Gasteiger partial charge on any atom is -0.470 e. The smallest absolute Gasteiger partial charge is 0.340 e. The second-order valence-electron chi connectivity index (χ2n) is 7.32. The molecule has 0 saturated carbocycles. The van der Waals surface area contributed by atoms with Crippen molar-refractivity contribution >= 4 is 28.4 Å². The lowest BCUT2D eigenvalue weighted by Gasteiger charge is -2.16. The highest BCUT2D eigenvalue weighted by Gasteiger charge is 2.42. The number of hydrogen-bond acceptors (Lipinski definition) is 7. The van der Waals surface area contributed by atoms with Gasteiger partial charge in [0.25, 0.3) is 0 Å². The summed E-state index contributed by atoms with van der Waals surface area (Å²) in [5.74, 6) is -5.13. The number of halogens is 5. The van der Waals surface area contributed by atoms with Crippen molar-refractivity contribution in [1.29, 1.82) is 0 Å². The lowest BCUT2D eigenvalue weighted by Crippen LogP contribution is -2.34. The Balaban J connectivity index is 1.69. The fraction of sp³-hybridized carbons (Fsp3) is 0.400. The second kappa shape index (κ2) is 10.9. The van der Waals surface area contributed by atoms with Gasteiger partial charge in [-0.25, -0.2) is 13.8 Å². The molecular weight excluding hydrogens is 486 g/mol. The van der Waals surface area contributed by atoms with Crippen LogP contribution in [0.3, 0.4) is 0 Å². The highest BCUT2D eigenvalue weighted by molar-refractivity contribution is 6.31. The summed E-state index contributed by atoms with van der Waals surface area (Å²) in [7, 11) is 0. The van der Waals surface area contributed by atoms with E-state index in [1.807, 2.05) is 0 Å². The molecule has 184 valence electrons. The zero-order valence-corrected chi connectivity index (χ0v) is 18.2. The number of carbonyl (C=O) groups excluding carboxylic acids is 1. The molecule has 9 nitrogen and oxygen atoms in total. The van der Waals surface area contributed by atoms with E-state index in [9.17, 15) is 27.5 Å². The lowest BCUT2D eigenvalue weighted by atomic mass is 10.2. The number of alkyl halides is 4. The Labute approximate surface area is 195 Å². The number of amides is 1. The van der Waals surface area contributed by atoms with Gasteiger partial charge in [0.1, 0.15) is 5.02 Å². The Kier molecular flexibility index (Phi) is 8.23. The van der Waals surface area contributed by atoms with Crippen LogP contribution < -0.4 is 10.1 Å². The van der Waals surface area contributed by atoms with Crippen molar-refractivity contribution in [2.75, 3.05) is 19.8 Å². The lowest BCUT2D eigenvalue weighted by molar-refractivity contribution is -0.148. The van der Waals surface area contributed by atoms with Gasteiger partial charge in [-0.1, -0.05) is 11.6 Å². The minimum atomic E-state index is -4.33. The van der Waals surface area contributed by atoms with Gasteiger partial charge in [0, 0.05) is 30.5 Å². The van der Waals surface area contributed by atoms with E-state index in [1.54, 1.807) is 12.3 Å². The van der Waals surface area contributed by atoms with Crippen LogP contribution in [-0.2, 0) is 17.8 Å². The predicted molar refractivity (Wildman–Crippen MR) is 112 cm³/mol. The van der Waals surface area contributed by atoms with E-state index in [-0.39, 0.29) is 24.5 Å². The third-order valence-electron chi connectivity index (χ3n) is 4.57. The predicted octanol–water partition coefficient (Wildman–Crippen LogP) is 1.82. The van der Waals surface area contributed by atoms with Gasteiger partial charge in [0.2, 0.25) is 11.8 Å². The summed E-state index contributed by atoms with van der Waals surface area (Å²) in [4.78, 5) is 20.1. The van der Waals surface area contributed by atoms with Crippen LogP contribution in [0.15, 0.2) is 30.7 Å². The van der Waals surface area contributed by atoms with Crippen molar-refractivity contribution in [1.82, 2.24) is 25.1 Å². The summed E-state index contributed by atoms with van der Waals surface area (Å²) in [5, 5.41) is 25.5. The van der Waals surface area contributed by atoms with Crippen LogP contribution in [0.25, 0.3) is 10.9 Å². The highest BCUT2D eigenvalue weighted by Crippen LogP contribution is 2.28. The monoisotopic (exact) mass is 505 g/mol. The Morgan fingerprint density at radius 3 is 2.76 bits per heavy atom. The molecule has 0 saturated heterocycles. The van der Waals surface area contributed by atoms with Gasteiger partial charge in [-0.2, -0.15) is 13.9 Å². The first-order valence-corrected chi connectivity index (χ1v) is 10.3. The Hall–Kier alpha value is -3.03. The third kappa shape index (κ3) is 6.52. The molecule has 0 radical (unpaired) electrons. The summed E-state index contributed by atoms with van der Waals surface area (Å²) in [6.07, 6.45) is -0.595. The Morgan fingerprint density at radius 2 is 2.09 bits per heavy atom. The van der Waals surface area contributed by atoms with Gasteiger partial charge in [-0.15, -0.1) is 0 Å². The number of aliphatic hydroxyl groups is 2. The van der Waals surface area contributed by atoms with Crippen LogP contribution in [0.2, 0.25) is 5.02 Å². The first kappa shape index (κ1) is 25.6. The molecule has 0 fully saturated rings. The third-order valence-corrected chi connectivity index (χ3v) is 4.84.